The van der Waals surface area contributed by atoms with E-state index in [2.05, 4.69) is 0 Å². The smallest absolute Gasteiger partial charge is 0.119 e. The summed E-state index contributed by atoms with van der Waals surface area (Å²) in [5, 5.41) is 19.7. The number of nitriles is 1. The van der Waals surface area contributed by atoms with Gasteiger partial charge in [-0.2, -0.15) is 5.26 Å². The van der Waals surface area contributed by atoms with Crippen LogP contribution < -0.4 is 9.84 Å². The van der Waals surface area contributed by atoms with Crippen LogP contribution in [-0.4, -0.2) is 17.6 Å². The number of rotatable bonds is 4. The Morgan fingerprint density at radius 1 is 1.32 bits per heavy atom. The first-order valence-electron chi connectivity index (χ1n) is 6.64. The highest BCUT2D eigenvalue weighted by atomic mass is 16.5. The number of carboxylic acid groups (broad SMARTS) is 1. The number of aryl methyl sites for hydroxylation is 1. The number of benzene rings is 1. The molecule has 0 radical (unpaired) electrons. The maximum atomic E-state index is 10.9. The Bertz CT molecular complexity index is 777. The minimum Gasteiger partial charge on any atom is -0.544 e. The van der Waals surface area contributed by atoms with Crippen molar-refractivity contribution in [2.75, 3.05) is 7.11 Å². The molecule has 0 aliphatic heterocycles. The van der Waals surface area contributed by atoms with Crippen LogP contribution in [-0.2, 0) is 4.79 Å². The molecule has 0 atom stereocenters. The molecule has 2 aromatic rings. The van der Waals surface area contributed by atoms with Gasteiger partial charge in [0.2, 0.25) is 0 Å². The van der Waals surface area contributed by atoms with Crippen LogP contribution >= 0.6 is 0 Å². The fourth-order valence-corrected chi connectivity index (χ4v) is 2.35. The molecule has 0 bridgehead atoms. The number of nitrogens with zero attached hydrogens (tertiary/aromatic N) is 2. The second kappa shape index (κ2) is 6.19. The predicted molar refractivity (Wildman–Crippen MR) is 80.4 cm³/mol. The van der Waals surface area contributed by atoms with Gasteiger partial charge in [0, 0.05) is 17.1 Å². The van der Waals surface area contributed by atoms with Gasteiger partial charge >= 0.3 is 0 Å². The molecule has 0 aliphatic carbocycles. The molecular weight excluding hydrogens is 280 g/mol. The molecule has 0 amide bonds. The lowest BCUT2D eigenvalue weighted by Crippen LogP contribution is -2.23. The van der Waals surface area contributed by atoms with E-state index in [1.165, 1.54) is 6.08 Å². The highest BCUT2D eigenvalue weighted by molar-refractivity contribution is 5.95. The second-order valence-corrected chi connectivity index (χ2v) is 4.82. The molecule has 1 aromatic heterocycles. The molecule has 0 fully saturated rings. The highest BCUT2D eigenvalue weighted by Crippen LogP contribution is 2.24. The van der Waals surface area contributed by atoms with E-state index in [-0.39, 0.29) is 0 Å². The molecule has 0 N–H and O–H groups in total. The summed E-state index contributed by atoms with van der Waals surface area (Å²) in [7, 11) is 1.60. The van der Waals surface area contributed by atoms with Crippen LogP contribution in [0.15, 0.2) is 35.9 Å². The van der Waals surface area contributed by atoms with Gasteiger partial charge in [0.1, 0.15) is 11.8 Å². The van der Waals surface area contributed by atoms with Gasteiger partial charge in [0.15, 0.2) is 0 Å². The van der Waals surface area contributed by atoms with Crippen molar-refractivity contribution in [1.82, 2.24) is 4.57 Å². The molecule has 0 saturated heterocycles. The standard InChI is InChI=1S/C17H16N2O3/c1-11-8-13(9-14(10-18)17(20)21)12(2)19(11)15-4-6-16(22-3)7-5-15/h4-9H,1-3H3,(H,20,21)/p-1/b14-9+. The zero-order valence-electron chi connectivity index (χ0n) is 12.6. The highest BCUT2D eigenvalue weighted by Gasteiger charge is 2.10. The lowest BCUT2D eigenvalue weighted by molar-refractivity contribution is -0.298. The maximum Gasteiger partial charge on any atom is 0.119 e. The Balaban J connectivity index is 2.51. The minimum absolute atomic E-state index is 0.394. The number of hydrogen-bond acceptors (Lipinski definition) is 4. The lowest BCUT2D eigenvalue weighted by atomic mass is 10.1. The molecule has 112 valence electrons. The van der Waals surface area contributed by atoms with Crippen molar-refractivity contribution >= 4 is 12.0 Å². The first-order chi connectivity index (χ1) is 10.5. The third-order valence-electron chi connectivity index (χ3n) is 3.44. The summed E-state index contributed by atoms with van der Waals surface area (Å²) in [5.74, 6) is -0.716. The first kappa shape index (κ1) is 15.4. The third kappa shape index (κ3) is 2.86. The van der Waals surface area contributed by atoms with Gasteiger partial charge in [0.05, 0.1) is 18.7 Å². The Labute approximate surface area is 128 Å². The van der Waals surface area contributed by atoms with E-state index in [9.17, 15) is 9.90 Å². The van der Waals surface area contributed by atoms with Gasteiger partial charge in [-0.15, -0.1) is 0 Å². The fourth-order valence-electron chi connectivity index (χ4n) is 2.35. The quantitative estimate of drug-likeness (QED) is 0.636. The Morgan fingerprint density at radius 2 is 1.95 bits per heavy atom. The molecule has 5 nitrogen and oxygen atoms in total. The summed E-state index contributed by atoms with van der Waals surface area (Å²) in [4.78, 5) is 10.9. The van der Waals surface area contributed by atoms with Crippen molar-refractivity contribution in [2.24, 2.45) is 0 Å². The van der Waals surface area contributed by atoms with Crippen molar-refractivity contribution in [3.05, 3.63) is 52.9 Å². The van der Waals surface area contributed by atoms with E-state index in [1.807, 2.05) is 48.7 Å². The number of carboxylic acids is 1. The first-order valence-corrected chi connectivity index (χ1v) is 6.64. The second-order valence-electron chi connectivity index (χ2n) is 4.82. The van der Waals surface area contributed by atoms with E-state index in [1.54, 1.807) is 13.2 Å². The van der Waals surface area contributed by atoms with Crippen molar-refractivity contribution in [3.63, 3.8) is 0 Å². The number of aromatic nitrogens is 1. The number of ether oxygens (including phenoxy) is 1. The normalized spacial score (nSPS) is 11.1. The number of hydrogen-bond donors (Lipinski definition) is 0. The van der Waals surface area contributed by atoms with Crippen LogP contribution in [0.4, 0.5) is 0 Å². The average molecular weight is 295 g/mol. The van der Waals surface area contributed by atoms with Crippen LogP contribution in [0.1, 0.15) is 17.0 Å². The molecule has 2 rings (SSSR count). The van der Waals surface area contributed by atoms with Crippen molar-refractivity contribution in [2.45, 2.75) is 13.8 Å². The van der Waals surface area contributed by atoms with Gasteiger partial charge < -0.3 is 19.2 Å². The summed E-state index contributed by atoms with van der Waals surface area (Å²) in [5.41, 5.74) is 2.99. The van der Waals surface area contributed by atoms with Gasteiger partial charge in [-0.3, -0.25) is 0 Å². The van der Waals surface area contributed by atoms with Gasteiger partial charge in [-0.1, -0.05) is 0 Å². The van der Waals surface area contributed by atoms with Crippen LogP contribution in [0.3, 0.4) is 0 Å². The molecule has 1 heterocycles. The maximum absolute atomic E-state index is 10.9. The molecular formula is C17H15N2O3-. The average Bonchev–Trinajstić information content (AvgIpc) is 2.78. The SMILES string of the molecule is COc1ccc(-n2c(C)cc(/C=C(\C#N)C(=O)[O-])c2C)cc1. The molecule has 0 aliphatic rings. The van der Waals surface area contributed by atoms with E-state index in [4.69, 9.17) is 10.00 Å². The van der Waals surface area contributed by atoms with Crippen molar-refractivity contribution < 1.29 is 14.6 Å². The molecule has 22 heavy (non-hydrogen) atoms. The summed E-state index contributed by atoms with van der Waals surface area (Å²) in [6.07, 6.45) is 1.33. The largest absolute Gasteiger partial charge is 0.544 e. The van der Waals surface area contributed by atoms with Gasteiger partial charge in [-0.25, -0.2) is 0 Å². The minimum atomic E-state index is -1.48. The van der Waals surface area contributed by atoms with Gasteiger partial charge in [0.25, 0.3) is 0 Å². The van der Waals surface area contributed by atoms with Crippen molar-refractivity contribution in [1.29, 1.82) is 5.26 Å². The molecule has 0 saturated carbocycles. The van der Waals surface area contributed by atoms with Crippen molar-refractivity contribution in [3.8, 4) is 17.5 Å². The monoisotopic (exact) mass is 295 g/mol. The van der Waals surface area contributed by atoms with Crippen LogP contribution in [0, 0.1) is 25.2 Å². The van der Waals surface area contributed by atoms with Gasteiger partial charge in [-0.05, 0) is 55.8 Å². The number of aliphatic carboxylic acids is 1. The van der Waals surface area contributed by atoms with E-state index in [0.29, 0.717) is 5.56 Å². The topological polar surface area (TPSA) is 78.1 Å². The van der Waals surface area contributed by atoms with E-state index < -0.39 is 11.5 Å². The zero-order valence-corrected chi connectivity index (χ0v) is 12.6. The summed E-state index contributed by atoms with van der Waals surface area (Å²) < 4.78 is 7.12. The lowest BCUT2D eigenvalue weighted by Gasteiger charge is -2.10. The molecule has 1 aromatic carbocycles. The molecule has 0 unspecified atom stereocenters. The fraction of sp³-hybridized carbons (Fsp3) is 0.176. The Morgan fingerprint density at radius 3 is 2.45 bits per heavy atom. The van der Waals surface area contributed by atoms with E-state index in [0.717, 1.165) is 22.8 Å². The summed E-state index contributed by atoms with van der Waals surface area (Å²) >= 11 is 0. The molecule has 0 spiro atoms. The van der Waals surface area contributed by atoms with Crippen LogP contribution in [0.5, 0.6) is 5.75 Å². The predicted octanol–water partition coefficient (Wildman–Crippen LogP) is 1.76. The van der Waals surface area contributed by atoms with E-state index >= 15 is 0 Å². The number of carbonyl (C=O) groups excluding carboxylic acids is 1. The number of methoxy groups -OCH3 is 1. The zero-order chi connectivity index (χ0) is 16.3. The Hall–Kier alpha value is -3.00. The molecule has 5 heteroatoms. The summed E-state index contributed by atoms with van der Waals surface area (Å²) in [6.45, 7) is 3.78. The Kier molecular flexibility index (Phi) is 4.33. The van der Waals surface area contributed by atoms with Crippen LogP contribution in [0.2, 0.25) is 0 Å². The third-order valence-corrected chi connectivity index (χ3v) is 3.44. The van der Waals surface area contributed by atoms with Crippen LogP contribution in [0.25, 0.3) is 11.8 Å². The summed E-state index contributed by atoms with van der Waals surface area (Å²) in [6, 6.07) is 11.0. The number of carbonyl (C=O) groups is 1.